The van der Waals surface area contributed by atoms with Crippen LogP contribution in [0, 0.1) is 0 Å². The van der Waals surface area contributed by atoms with Crippen molar-refractivity contribution in [3.63, 3.8) is 0 Å². The van der Waals surface area contributed by atoms with Crippen molar-refractivity contribution in [3.8, 4) is 0 Å². The lowest BCUT2D eigenvalue weighted by molar-refractivity contribution is 0.0380. The fourth-order valence-corrected chi connectivity index (χ4v) is 0.492. The minimum atomic E-state index is 0.626. The predicted octanol–water partition coefficient (Wildman–Crippen LogP) is -0.832. The Morgan fingerprint density at radius 2 is 2.62 bits per heavy atom. The summed E-state index contributed by atoms with van der Waals surface area (Å²) in [7, 11) is 0. The van der Waals surface area contributed by atoms with E-state index in [-0.39, 0.29) is 0 Å². The molecule has 4 heteroatoms. The fraction of sp³-hybridized carbons (Fsp3) is 0.500. The molecule has 0 aromatic carbocycles. The third-order valence-electron chi connectivity index (χ3n) is 0.849. The van der Waals surface area contributed by atoms with Gasteiger partial charge in [-0.15, -0.1) is 0 Å². The van der Waals surface area contributed by atoms with Gasteiger partial charge in [0.15, 0.2) is 0 Å². The summed E-state index contributed by atoms with van der Waals surface area (Å²) >= 11 is 0. The van der Waals surface area contributed by atoms with Crippen molar-refractivity contribution in [3.05, 3.63) is 12.5 Å². The van der Waals surface area contributed by atoms with Crippen LogP contribution in [0.5, 0.6) is 0 Å². The average Bonchev–Trinajstić information content (AvgIpc) is 2.19. The van der Waals surface area contributed by atoms with Crippen LogP contribution in [-0.2, 0) is 4.84 Å². The normalized spacial score (nSPS) is 16.9. The molecular weight excluding hydrogens is 106 g/mol. The van der Waals surface area contributed by atoms with E-state index >= 15 is 0 Å². The first-order valence-corrected chi connectivity index (χ1v) is 2.48. The highest BCUT2D eigenvalue weighted by Crippen LogP contribution is 1.90. The summed E-state index contributed by atoms with van der Waals surface area (Å²) in [5, 5.41) is 1.76. The zero-order valence-electron chi connectivity index (χ0n) is 4.50. The van der Waals surface area contributed by atoms with Crippen molar-refractivity contribution in [2.75, 3.05) is 13.1 Å². The molecule has 0 aliphatic carbocycles. The number of nitrogens with two attached hydrogens (primary N) is 1. The molecule has 1 rings (SSSR count). The van der Waals surface area contributed by atoms with Crippen LogP contribution in [0.3, 0.4) is 0 Å². The van der Waals surface area contributed by atoms with Crippen molar-refractivity contribution in [2.45, 2.75) is 0 Å². The lowest BCUT2D eigenvalue weighted by Gasteiger charge is -2.10. The van der Waals surface area contributed by atoms with E-state index in [9.17, 15) is 0 Å². The quantitative estimate of drug-likeness (QED) is 0.493. The molecule has 0 spiro atoms. The third-order valence-corrected chi connectivity index (χ3v) is 0.849. The van der Waals surface area contributed by atoms with E-state index in [1.54, 1.807) is 17.5 Å². The molecule has 0 atom stereocenters. The van der Waals surface area contributed by atoms with Crippen LogP contribution in [0.1, 0.15) is 0 Å². The Labute approximate surface area is 47.8 Å². The molecule has 0 aromatic rings. The van der Waals surface area contributed by atoms with E-state index in [1.807, 2.05) is 0 Å². The zero-order valence-corrected chi connectivity index (χ0v) is 4.50. The largest absolute Gasteiger partial charge is 0.395 e. The van der Waals surface area contributed by atoms with Crippen molar-refractivity contribution < 1.29 is 4.84 Å². The average molecular weight is 115 g/mol. The SMILES string of the molecule is NCCN1C=CON1. The standard InChI is InChI=1S/C4H9N3O/c5-1-2-7-3-4-8-6-7/h3-4,6H,1-2,5H2. The number of nitrogens with zero attached hydrogens (tertiary/aromatic N) is 1. The Kier molecular flexibility index (Phi) is 1.71. The van der Waals surface area contributed by atoms with Gasteiger partial charge in [0.25, 0.3) is 0 Å². The summed E-state index contributed by atoms with van der Waals surface area (Å²) in [6.07, 6.45) is 3.35. The highest BCUT2D eigenvalue weighted by atomic mass is 16.7. The van der Waals surface area contributed by atoms with Gasteiger partial charge in [0.05, 0.1) is 6.20 Å². The lowest BCUT2D eigenvalue weighted by Crippen LogP contribution is -2.32. The van der Waals surface area contributed by atoms with E-state index < -0.39 is 0 Å². The van der Waals surface area contributed by atoms with Gasteiger partial charge in [-0.25, -0.2) is 0 Å². The zero-order chi connectivity index (χ0) is 5.82. The highest BCUT2D eigenvalue weighted by molar-refractivity contribution is 4.75. The van der Waals surface area contributed by atoms with Crippen molar-refractivity contribution in [1.82, 2.24) is 10.6 Å². The summed E-state index contributed by atoms with van der Waals surface area (Å²) in [5.41, 5.74) is 7.84. The first kappa shape index (κ1) is 5.40. The number of hydrazine groups is 1. The first-order valence-electron chi connectivity index (χ1n) is 2.48. The minimum Gasteiger partial charge on any atom is -0.395 e. The van der Waals surface area contributed by atoms with Gasteiger partial charge < -0.3 is 10.6 Å². The first-order chi connectivity index (χ1) is 3.93. The van der Waals surface area contributed by atoms with Gasteiger partial charge in [0, 0.05) is 13.1 Å². The molecule has 0 fully saturated rings. The second-order valence-electron chi connectivity index (χ2n) is 1.48. The molecule has 0 bridgehead atoms. The molecule has 4 nitrogen and oxygen atoms in total. The summed E-state index contributed by atoms with van der Waals surface area (Å²) in [4.78, 5) is 4.65. The fourth-order valence-electron chi connectivity index (χ4n) is 0.492. The van der Waals surface area contributed by atoms with Gasteiger partial charge in [-0.05, 0) is 0 Å². The van der Waals surface area contributed by atoms with E-state index in [0.717, 1.165) is 6.54 Å². The Morgan fingerprint density at radius 1 is 1.75 bits per heavy atom. The van der Waals surface area contributed by atoms with E-state index in [0.29, 0.717) is 6.54 Å². The van der Waals surface area contributed by atoms with Gasteiger partial charge in [0.1, 0.15) is 6.26 Å². The maximum Gasteiger partial charge on any atom is 0.131 e. The van der Waals surface area contributed by atoms with Crippen LogP contribution in [0.2, 0.25) is 0 Å². The molecule has 0 unspecified atom stereocenters. The van der Waals surface area contributed by atoms with E-state index in [2.05, 4.69) is 10.4 Å². The minimum absolute atomic E-state index is 0.626. The molecule has 1 aliphatic rings. The summed E-state index contributed by atoms with van der Waals surface area (Å²) in [6.45, 7) is 1.40. The second kappa shape index (κ2) is 2.54. The predicted molar refractivity (Wildman–Crippen MR) is 29.1 cm³/mol. The van der Waals surface area contributed by atoms with Crippen molar-refractivity contribution >= 4 is 0 Å². The van der Waals surface area contributed by atoms with Crippen LogP contribution in [0.4, 0.5) is 0 Å². The molecular formula is C4H9N3O. The maximum absolute atomic E-state index is 5.24. The Balaban J connectivity index is 2.16. The number of hydrogen-bond acceptors (Lipinski definition) is 4. The molecule has 8 heavy (non-hydrogen) atoms. The Bertz CT molecular complexity index is 93.3. The number of nitrogens with one attached hydrogen (secondary N) is 1. The van der Waals surface area contributed by atoms with Crippen LogP contribution in [0.15, 0.2) is 12.5 Å². The van der Waals surface area contributed by atoms with Gasteiger partial charge in [-0.1, -0.05) is 5.59 Å². The van der Waals surface area contributed by atoms with Crippen molar-refractivity contribution in [1.29, 1.82) is 0 Å². The van der Waals surface area contributed by atoms with Gasteiger partial charge in [-0.2, -0.15) is 0 Å². The van der Waals surface area contributed by atoms with Crippen LogP contribution >= 0.6 is 0 Å². The third kappa shape index (κ3) is 1.11. The molecule has 46 valence electrons. The van der Waals surface area contributed by atoms with Crippen LogP contribution in [0.25, 0.3) is 0 Å². The smallest absolute Gasteiger partial charge is 0.131 e. The molecule has 1 aliphatic heterocycles. The monoisotopic (exact) mass is 115 g/mol. The van der Waals surface area contributed by atoms with Crippen LogP contribution in [-0.4, -0.2) is 18.1 Å². The van der Waals surface area contributed by atoms with Gasteiger partial charge in [-0.3, -0.25) is 5.01 Å². The molecule has 0 aromatic heterocycles. The summed E-state index contributed by atoms with van der Waals surface area (Å²) in [6, 6.07) is 0. The van der Waals surface area contributed by atoms with Crippen LogP contribution < -0.4 is 11.3 Å². The topological polar surface area (TPSA) is 50.5 Å². The molecule has 0 saturated heterocycles. The summed E-state index contributed by atoms with van der Waals surface area (Å²) in [5.74, 6) is 0. The lowest BCUT2D eigenvalue weighted by atomic mass is 10.6. The van der Waals surface area contributed by atoms with E-state index in [1.165, 1.54) is 0 Å². The molecule has 0 amide bonds. The Hall–Kier alpha value is -0.740. The van der Waals surface area contributed by atoms with Crippen molar-refractivity contribution in [2.24, 2.45) is 5.73 Å². The molecule has 0 saturated carbocycles. The molecule has 3 N–H and O–H groups in total. The second-order valence-corrected chi connectivity index (χ2v) is 1.48. The summed E-state index contributed by atoms with van der Waals surface area (Å²) < 4.78 is 0. The maximum atomic E-state index is 5.24. The number of rotatable bonds is 2. The van der Waals surface area contributed by atoms with Gasteiger partial charge >= 0.3 is 0 Å². The molecule has 1 heterocycles. The number of hydrogen-bond donors (Lipinski definition) is 2. The van der Waals surface area contributed by atoms with Gasteiger partial charge in [0.2, 0.25) is 0 Å². The molecule has 0 radical (unpaired) electrons. The Morgan fingerprint density at radius 3 is 3.12 bits per heavy atom. The van der Waals surface area contributed by atoms with E-state index in [4.69, 9.17) is 5.73 Å². The highest BCUT2D eigenvalue weighted by Gasteiger charge is 1.99.